The van der Waals surface area contributed by atoms with Crippen molar-refractivity contribution < 1.29 is 14.8 Å². The number of aromatic amines is 1. The van der Waals surface area contributed by atoms with Gasteiger partial charge in [0.1, 0.15) is 6.20 Å². The lowest BCUT2D eigenvalue weighted by Crippen LogP contribution is -2.31. The fraction of sp³-hybridized carbons (Fsp3) is 0.286. The van der Waals surface area contributed by atoms with Crippen molar-refractivity contribution in [2.24, 2.45) is 0 Å². The summed E-state index contributed by atoms with van der Waals surface area (Å²) >= 11 is 0. The Bertz CT molecular complexity index is 666. The van der Waals surface area contributed by atoms with E-state index < -0.39 is 22.6 Å². The van der Waals surface area contributed by atoms with Crippen molar-refractivity contribution in [3.05, 3.63) is 57.4 Å². The van der Waals surface area contributed by atoms with Gasteiger partial charge in [0.05, 0.1) is 17.6 Å². The number of aliphatic hydroxyl groups excluding tert-OH is 1. The van der Waals surface area contributed by atoms with E-state index in [2.05, 4.69) is 15.5 Å². The van der Waals surface area contributed by atoms with E-state index in [9.17, 15) is 20.0 Å². The standard InChI is InChI=1S/C14H16N4O4/c1-2-9-3-5-10(6-4-9)11(8-19)16-14(20)13-12(18(21)22)7-15-17-13/h3-7,11,19H,2,8H2,1H3,(H,15,17)(H,16,20). The monoisotopic (exact) mass is 304 g/mol. The highest BCUT2D eigenvalue weighted by atomic mass is 16.6. The molecule has 0 radical (unpaired) electrons. The number of rotatable bonds is 6. The van der Waals surface area contributed by atoms with Gasteiger partial charge in [0.25, 0.3) is 5.91 Å². The van der Waals surface area contributed by atoms with Crippen molar-refractivity contribution >= 4 is 11.6 Å². The number of carbonyl (C=O) groups is 1. The highest BCUT2D eigenvalue weighted by molar-refractivity contribution is 5.96. The first-order valence-electron chi connectivity index (χ1n) is 6.75. The quantitative estimate of drug-likeness (QED) is 0.549. The summed E-state index contributed by atoms with van der Waals surface area (Å²) in [6, 6.07) is 6.77. The second kappa shape index (κ2) is 6.81. The number of aliphatic hydroxyl groups is 1. The molecule has 0 bridgehead atoms. The van der Waals surface area contributed by atoms with Gasteiger partial charge in [0, 0.05) is 0 Å². The predicted molar refractivity (Wildman–Crippen MR) is 78.4 cm³/mol. The fourth-order valence-electron chi connectivity index (χ4n) is 2.04. The van der Waals surface area contributed by atoms with Crippen LogP contribution >= 0.6 is 0 Å². The minimum Gasteiger partial charge on any atom is -0.394 e. The zero-order valence-electron chi connectivity index (χ0n) is 11.9. The van der Waals surface area contributed by atoms with E-state index in [0.29, 0.717) is 0 Å². The lowest BCUT2D eigenvalue weighted by Gasteiger charge is -2.16. The number of hydrogen-bond acceptors (Lipinski definition) is 5. The second-order valence-electron chi connectivity index (χ2n) is 4.69. The lowest BCUT2D eigenvalue weighted by atomic mass is 10.0. The van der Waals surface area contributed by atoms with Gasteiger partial charge in [0.15, 0.2) is 0 Å². The van der Waals surface area contributed by atoms with E-state index in [1.54, 1.807) is 12.1 Å². The van der Waals surface area contributed by atoms with E-state index in [1.165, 1.54) is 0 Å². The maximum atomic E-state index is 12.1. The molecule has 0 fully saturated rings. The van der Waals surface area contributed by atoms with Crippen LogP contribution in [0.25, 0.3) is 0 Å². The van der Waals surface area contributed by atoms with E-state index in [-0.39, 0.29) is 12.3 Å². The maximum Gasteiger partial charge on any atom is 0.319 e. The number of aromatic nitrogens is 2. The van der Waals surface area contributed by atoms with Crippen molar-refractivity contribution in [2.75, 3.05) is 6.61 Å². The zero-order chi connectivity index (χ0) is 16.1. The minimum absolute atomic E-state index is 0.242. The molecule has 8 heteroatoms. The van der Waals surface area contributed by atoms with Gasteiger partial charge in [-0.25, -0.2) is 0 Å². The van der Waals surface area contributed by atoms with Crippen LogP contribution in [0.1, 0.15) is 34.6 Å². The summed E-state index contributed by atoms with van der Waals surface area (Å²) in [6.45, 7) is 1.71. The van der Waals surface area contributed by atoms with Crippen molar-refractivity contribution in [3.63, 3.8) is 0 Å². The summed E-state index contributed by atoms with van der Waals surface area (Å²) in [7, 11) is 0. The Morgan fingerprint density at radius 1 is 1.45 bits per heavy atom. The van der Waals surface area contributed by atoms with Gasteiger partial charge in [-0.05, 0) is 17.5 Å². The van der Waals surface area contributed by atoms with Crippen LogP contribution in [0.2, 0.25) is 0 Å². The Morgan fingerprint density at radius 3 is 2.68 bits per heavy atom. The summed E-state index contributed by atoms with van der Waals surface area (Å²) in [5.74, 6) is -0.692. The molecule has 8 nitrogen and oxygen atoms in total. The number of carbonyl (C=O) groups excluding carboxylic acids is 1. The smallest absolute Gasteiger partial charge is 0.319 e. The molecule has 3 N–H and O–H groups in total. The van der Waals surface area contributed by atoms with Gasteiger partial charge in [-0.2, -0.15) is 5.10 Å². The van der Waals surface area contributed by atoms with E-state index in [0.717, 1.165) is 23.7 Å². The molecule has 1 aromatic heterocycles. The van der Waals surface area contributed by atoms with Gasteiger partial charge < -0.3 is 10.4 Å². The molecule has 0 aliphatic heterocycles. The fourth-order valence-corrected chi connectivity index (χ4v) is 2.04. The van der Waals surface area contributed by atoms with Crippen LogP contribution in [0.5, 0.6) is 0 Å². The molecular formula is C14H16N4O4. The summed E-state index contributed by atoms with van der Waals surface area (Å²) in [6.07, 6.45) is 1.86. The maximum absolute atomic E-state index is 12.1. The molecule has 2 aromatic rings. The molecule has 1 unspecified atom stereocenters. The molecule has 116 valence electrons. The van der Waals surface area contributed by atoms with Gasteiger partial charge in [-0.15, -0.1) is 0 Å². The molecule has 0 spiro atoms. The Labute approximate surface area is 126 Å². The summed E-state index contributed by atoms with van der Waals surface area (Å²) in [5.41, 5.74) is 1.20. The minimum atomic E-state index is -0.692. The third-order valence-electron chi connectivity index (χ3n) is 3.32. The van der Waals surface area contributed by atoms with Crippen LogP contribution in [-0.4, -0.2) is 32.7 Å². The predicted octanol–water partition coefficient (Wildman–Crippen LogP) is 1.34. The number of benzene rings is 1. The molecule has 1 heterocycles. The molecule has 0 aliphatic carbocycles. The molecule has 1 atom stereocenters. The van der Waals surface area contributed by atoms with Crippen LogP contribution in [0.3, 0.4) is 0 Å². The molecule has 2 rings (SSSR count). The molecule has 1 aromatic carbocycles. The highest BCUT2D eigenvalue weighted by Crippen LogP contribution is 2.18. The average Bonchev–Trinajstić information content (AvgIpc) is 3.02. The highest BCUT2D eigenvalue weighted by Gasteiger charge is 2.25. The summed E-state index contributed by atoms with van der Waals surface area (Å²) in [5, 5.41) is 28.6. The largest absolute Gasteiger partial charge is 0.394 e. The topological polar surface area (TPSA) is 121 Å². The van der Waals surface area contributed by atoms with Crippen LogP contribution in [0.15, 0.2) is 30.5 Å². The van der Waals surface area contributed by atoms with E-state index in [1.807, 2.05) is 19.1 Å². The number of aryl methyl sites for hydroxylation is 1. The van der Waals surface area contributed by atoms with Crippen molar-refractivity contribution in [2.45, 2.75) is 19.4 Å². The first-order valence-corrected chi connectivity index (χ1v) is 6.75. The van der Waals surface area contributed by atoms with Crippen molar-refractivity contribution in [1.29, 1.82) is 0 Å². The zero-order valence-corrected chi connectivity index (χ0v) is 11.9. The summed E-state index contributed by atoms with van der Waals surface area (Å²) in [4.78, 5) is 22.2. The van der Waals surface area contributed by atoms with Crippen LogP contribution in [0.4, 0.5) is 5.69 Å². The van der Waals surface area contributed by atoms with Gasteiger partial charge in [-0.3, -0.25) is 20.0 Å². The van der Waals surface area contributed by atoms with E-state index in [4.69, 9.17) is 0 Å². The third-order valence-corrected chi connectivity index (χ3v) is 3.32. The van der Waals surface area contributed by atoms with Gasteiger partial charge in [0.2, 0.25) is 5.69 Å². The molecule has 22 heavy (non-hydrogen) atoms. The number of nitrogens with zero attached hydrogens (tertiary/aromatic N) is 2. The first-order chi connectivity index (χ1) is 10.6. The third kappa shape index (κ3) is 3.29. The van der Waals surface area contributed by atoms with Crippen molar-refractivity contribution in [1.82, 2.24) is 15.5 Å². The van der Waals surface area contributed by atoms with E-state index >= 15 is 0 Å². The first kappa shape index (κ1) is 15.6. The average molecular weight is 304 g/mol. The Balaban J connectivity index is 2.16. The number of H-pyrrole nitrogens is 1. The normalized spacial score (nSPS) is 11.9. The Hall–Kier alpha value is -2.74. The molecular weight excluding hydrogens is 288 g/mol. The van der Waals surface area contributed by atoms with Crippen molar-refractivity contribution in [3.8, 4) is 0 Å². The molecule has 0 saturated carbocycles. The number of amides is 1. The molecule has 1 amide bonds. The van der Waals surface area contributed by atoms with Crippen LogP contribution < -0.4 is 5.32 Å². The second-order valence-corrected chi connectivity index (χ2v) is 4.69. The number of nitro groups is 1. The SMILES string of the molecule is CCc1ccc(C(CO)NC(=O)c2[nH]ncc2[N+](=O)[O-])cc1. The molecule has 0 saturated heterocycles. The Kier molecular flexibility index (Phi) is 4.84. The van der Waals surface area contributed by atoms with Gasteiger partial charge >= 0.3 is 5.69 Å². The Morgan fingerprint density at radius 2 is 2.14 bits per heavy atom. The number of nitrogens with one attached hydrogen (secondary N) is 2. The van der Waals surface area contributed by atoms with Crippen LogP contribution in [0, 0.1) is 10.1 Å². The number of hydrogen-bond donors (Lipinski definition) is 3. The summed E-state index contributed by atoms with van der Waals surface area (Å²) < 4.78 is 0. The lowest BCUT2D eigenvalue weighted by molar-refractivity contribution is -0.385. The van der Waals surface area contributed by atoms with Crippen LogP contribution in [-0.2, 0) is 6.42 Å². The molecule has 0 aliphatic rings. The van der Waals surface area contributed by atoms with Gasteiger partial charge in [-0.1, -0.05) is 31.2 Å².